The van der Waals surface area contributed by atoms with Gasteiger partial charge in [0.15, 0.2) is 6.29 Å². The standard InChI is InChI=1S/C8H15NO6/c1-3(10)9-2-4-5(11)6(12)7(13)8(14)15-4/h4-8,11-14H,2H2,1H3,(H,9,10)/t4-,5+,6+,7-,8-/m1/s1. The maximum atomic E-state index is 10.6. The van der Waals surface area contributed by atoms with Crippen LogP contribution >= 0.6 is 0 Å². The summed E-state index contributed by atoms with van der Waals surface area (Å²) in [5, 5.41) is 39.4. The third-order valence-electron chi connectivity index (χ3n) is 2.24. The average Bonchev–Trinajstić information content (AvgIpc) is 2.18. The van der Waals surface area contributed by atoms with E-state index in [1.165, 1.54) is 6.92 Å². The Kier molecular flexibility index (Phi) is 4.00. The van der Waals surface area contributed by atoms with Gasteiger partial charge < -0.3 is 30.5 Å². The zero-order chi connectivity index (χ0) is 11.6. The van der Waals surface area contributed by atoms with Gasteiger partial charge in [-0.1, -0.05) is 0 Å². The van der Waals surface area contributed by atoms with Crippen LogP contribution in [0.25, 0.3) is 0 Å². The number of aliphatic hydroxyl groups is 4. The Bertz CT molecular complexity index is 235. The fourth-order valence-electron chi connectivity index (χ4n) is 1.34. The number of carbonyl (C=O) groups excluding carboxylic acids is 1. The van der Waals surface area contributed by atoms with Crippen LogP contribution in [0.15, 0.2) is 0 Å². The van der Waals surface area contributed by atoms with Gasteiger partial charge >= 0.3 is 0 Å². The largest absolute Gasteiger partial charge is 0.388 e. The average molecular weight is 221 g/mol. The number of carbonyl (C=O) groups is 1. The Balaban J connectivity index is 2.54. The van der Waals surface area contributed by atoms with Crippen LogP contribution in [0.1, 0.15) is 6.92 Å². The van der Waals surface area contributed by atoms with E-state index in [9.17, 15) is 15.0 Å². The third kappa shape index (κ3) is 2.86. The lowest BCUT2D eigenvalue weighted by Crippen LogP contribution is -2.59. The van der Waals surface area contributed by atoms with E-state index in [0.717, 1.165) is 0 Å². The van der Waals surface area contributed by atoms with Crippen LogP contribution in [0.2, 0.25) is 0 Å². The van der Waals surface area contributed by atoms with Crippen molar-refractivity contribution in [1.29, 1.82) is 0 Å². The minimum atomic E-state index is -1.57. The van der Waals surface area contributed by atoms with Gasteiger partial charge in [0.25, 0.3) is 0 Å². The molecule has 1 saturated heterocycles. The summed E-state index contributed by atoms with van der Waals surface area (Å²) in [6.07, 6.45) is -6.90. The molecule has 1 aliphatic rings. The minimum Gasteiger partial charge on any atom is -0.388 e. The Morgan fingerprint density at radius 2 is 1.80 bits per heavy atom. The SMILES string of the molecule is CC(=O)NC[C@H]1O[C@@H](O)[C@H](O)[C@@H](O)[C@H]1O. The van der Waals surface area contributed by atoms with Crippen molar-refractivity contribution in [3.63, 3.8) is 0 Å². The third-order valence-corrected chi connectivity index (χ3v) is 2.24. The summed E-state index contributed by atoms with van der Waals surface area (Å²) >= 11 is 0. The van der Waals surface area contributed by atoms with Gasteiger partial charge in [0, 0.05) is 13.5 Å². The molecule has 0 aliphatic carbocycles. The molecule has 0 aromatic heterocycles. The van der Waals surface area contributed by atoms with Crippen LogP contribution in [0, 0.1) is 0 Å². The van der Waals surface area contributed by atoms with E-state index in [-0.39, 0.29) is 12.5 Å². The molecule has 5 atom stereocenters. The molecule has 7 heteroatoms. The molecular formula is C8H15NO6. The van der Waals surface area contributed by atoms with Crippen molar-refractivity contribution in [2.75, 3.05) is 6.54 Å². The molecule has 0 unspecified atom stereocenters. The molecule has 0 radical (unpaired) electrons. The lowest BCUT2D eigenvalue weighted by atomic mass is 9.99. The monoisotopic (exact) mass is 221 g/mol. The molecule has 7 nitrogen and oxygen atoms in total. The number of rotatable bonds is 2. The summed E-state index contributed by atoms with van der Waals surface area (Å²) in [6, 6.07) is 0. The molecule has 1 heterocycles. The molecule has 1 rings (SSSR count). The van der Waals surface area contributed by atoms with Crippen molar-refractivity contribution in [2.24, 2.45) is 0 Å². The second kappa shape index (κ2) is 4.86. The van der Waals surface area contributed by atoms with Crippen molar-refractivity contribution in [1.82, 2.24) is 5.32 Å². The molecule has 1 fully saturated rings. The van der Waals surface area contributed by atoms with E-state index < -0.39 is 30.7 Å². The molecular weight excluding hydrogens is 206 g/mol. The number of hydrogen-bond acceptors (Lipinski definition) is 6. The van der Waals surface area contributed by atoms with E-state index in [1.807, 2.05) is 0 Å². The quantitative estimate of drug-likeness (QED) is 0.337. The van der Waals surface area contributed by atoms with Crippen LogP contribution in [0.3, 0.4) is 0 Å². The van der Waals surface area contributed by atoms with Crippen molar-refractivity contribution in [3.8, 4) is 0 Å². The number of hydrogen-bond donors (Lipinski definition) is 5. The van der Waals surface area contributed by atoms with E-state index >= 15 is 0 Å². The first-order valence-electron chi connectivity index (χ1n) is 4.55. The topological polar surface area (TPSA) is 119 Å². The van der Waals surface area contributed by atoms with E-state index in [1.54, 1.807) is 0 Å². The van der Waals surface area contributed by atoms with Gasteiger partial charge in [0.05, 0.1) is 0 Å². The van der Waals surface area contributed by atoms with Gasteiger partial charge in [-0.05, 0) is 0 Å². The van der Waals surface area contributed by atoms with Crippen molar-refractivity contribution in [2.45, 2.75) is 37.6 Å². The number of ether oxygens (including phenoxy) is 1. The summed E-state index contributed by atoms with van der Waals surface area (Å²) in [5.41, 5.74) is 0. The predicted octanol–water partition coefficient (Wildman–Crippen LogP) is -3.08. The zero-order valence-corrected chi connectivity index (χ0v) is 8.20. The molecule has 0 aromatic rings. The summed E-state index contributed by atoms with van der Waals surface area (Å²) in [6.45, 7) is 1.24. The molecule has 88 valence electrons. The summed E-state index contributed by atoms with van der Waals surface area (Å²) < 4.78 is 4.81. The van der Waals surface area contributed by atoms with Gasteiger partial charge in [-0.15, -0.1) is 0 Å². The molecule has 1 amide bonds. The van der Waals surface area contributed by atoms with Crippen molar-refractivity contribution >= 4 is 5.91 Å². The molecule has 15 heavy (non-hydrogen) atoms. The van der Waals surface area contributed by atoms with Crippen molar-refractivity contribution in [3.05, 3.63) is 0 Å². The van der Waals surface area contributed by atoms with Crippen LogP contribution < -0.4 is 5.32 Å². The van der Waals surface area contributed by atoms with Gasteiger partial charge in [0.2, 0.25) is 5.91 Å². The zero-order valence-electron chi connectivity index (χ0n) is 8.20. The normalized spacial score (nSPS) is 41.3. The van der Waals surface area contributed by atoms with E-state index in [0.29, 0.717) is 0 Å². The smallest absolute Gasteiger partial charge is 0.216 e. The second-order valence-corrected chi connectivity index (χ2v) is 3.47. The maximum absolute atomic E-state index is 10.6. The molecule has 1 aliphatic heterocycles. The van der Waals surface area contributed by atoms with E-state index in [4.69, 9.17) is 14.9 Å². The lowest BCUT2D eigenvalue weighted by molar-refractivity contribution is -0.280. The second-order valence-electron chi connectivity index (χ2n) is 3.47. The van der Waals surface area contributed by atoms with Crippen LogP contribution in [0.4, 0.5) is 0 Å². The first kappa shape index (κ1) is 12.3. The summed E-state index contributed by atoms with van der Waals surface area (Å²) in [5.74, 6) is -0.319. The van der Waals surface area contributed by atoms with Crippen LogP contribution in [-0.2, 0) is 9.53 Å². The highest BCUT2D eigenvalue weighted by molar-refractivity contribution is 5.72. The number of nitrogens with one attached hydrogen (secondary N) is 1. The van der Waals surface area contributed by atoms with Gasteiger partial charge in [-0.3, -0.25) is 4.79 Å². The van der Waals surface area contributed by atoms with Gasteiger partial charge in [-0.2, -0.15) is 0 Å². The van der Waals surface area contributed by atoms with Gasteiger partial charge in [0.1, 0.15) is 24.4 Å². The fraction of sp³-hybridized carbons (Fsp3) is 0.875. The molecule has 0 aromatic carbocycles. The lowest BCUT2D eigenvalue weighted by Gasteiger charge is -2.38. The highest BCUT2D eigenvalue weighted by atomic mass is 16.6. The molecule has 0 bridgehead atoms. The Labute approximate surface area is 86.3 Å². The Hall–Kier alpha value is -0.730. The highest BCUT2D eigenvalue weighted by Gasteiger charge is 2.42. The first-order chi connectivity index (χ1) is 6.93. The highest BCUT2D eigenvalue weighted by Crippen LogP contribution is 2.19. The summed E-state index contributed by atoms with van der Waals surface area (Å²) in [7, 11) is 0. The Morgan fingerprint density at radius 3 is 2.33 bits per heavy atom. The number of amides is 1. The number of aliphatic hydroxyl groups excluding tert-OH is 4. The van der Waals surface area contributed by atoms with E-state index in [2.05, 4.69) is 5.32 Å². The van der Waals surface area contributed by atoms with Crippen LogP contribution in [0.5, 0.6) is 0 Å². The maximum Gasteiger partial charge on any atom is 0.216 e. The van der Waals surface area contributed by atoms with Crippen LogP contribution in [-0.4, -0.2) is 63.6 Å². The molecule has 0 spiro atoms. The first-order valence-corrected chi connectivity index (χ1v) is 4.55. The van der Waals surface area contributed by atoms with Crippen molar-refractivity contribution < 1.29 is 30.0 Å². The Morgan fingerprint density at radius 1 is 1.20 bits per heavy atom. The minimum absolute atomic E-state index is 0.0443. The summed E-state index contributed by atoms with van der Waals surface area (Å²) in [4.78, 5) is 10.6. The fourth-order valence-corrected chi connectivity index (χ4v) is 1.34. The molecule has 5 N–H and O–H groups in total. The molecule has 0 saturated carbocycles. The predicted molar refractivity (Wildman–Crippen MR) is 47.6 cm³/mol. The van der Waals surface area contributed by atoms with Gasteiger partial charge in [-0.25, -0.2) is 0 Å².